The molecule has 1 aliphatic heterocycles. The molecule has 0 aliphatic carbocycles. The van der Waals surface area contributed by atoms with Gasteiger partial charge in [0.25, 0.3) is 0 Å². The van der Waals surface area contributed by atoms with Crippen LogP contribution >= 0.6 is 0 Å². The molecule has 2 unspecified atom stereocenters. The number of rotatable bonds is 8. The van der Waals surface area contributed by atoms with Gasteiger partial charge in [-0.1, -0.05) is 74.4 Å². The van der Waals surface area contributed by atoms with Crippen molar-refractivity contribution in [3.8, 4) is 11.1 Å². The molecule has 0 aromatic heterocycles. The third-order valence-corrected chi connectivity index (χ3v) is 5.86. The van der Waals surface area contributed by atoms with Crippen LogP contribution < -0.4 is 5.32 Å². The van der Waals surface area contributed by atoms with Crippen molar-refractivity contribution in [3.63, 3.8) is 0 Å². The predicted molar refractivity (Wildman–Crippen MR) is 114 cm³/mol. The van der Waals surface area contributed by atoms with Crippen molar-refractivity contribution in [2.24, 2.45) is 0 Å². The van der Waals surface area contributed by atoms with Crippen molar-refractivity contribution in [2.45, 2.75) is 44.6 Å². The summed E-state index contributed by atoms with van der Waals surface area (Å²) in [6, 6.07) is 19.2. The molecule has 2 aromatic rings. The zero-order chi connectivity index (χ0) is 19.1. The summed E-state index contributed by atoms with van der Waals surface area (Å²) in [6.07, 6.45) is 3.00. The number of nitrogens with one attached hydrogen (secondary N) is 1. The Hall–Kier alpha value is -1.68. The van der Waals surface area contributed by atoms with Crippen molar-refractivity contribution < 1.29 is 5.11 Å². The molecule has 2 atom stereocenters. The van der Waals surface area contributed by atoms with Gasteiger partial charge in [-0.15, -0.1) is 0 Å². The second kappa shape index (κ2) is 9.50. The van der Waals surface area contributed by atoms with Gasteiger partial charge >= 0.3 is 0 Å². The van der Waals surface area contributed by atoms with Gasteiger partial charge in [0, 0.05) is 38.6 Å². The smallest absolute Gasteiger partial charge is 0.0700 e. The lowest BCUT2D eigenvalue weighted by Crippen LogP contribution is -2.48. The van der Waals surface area contributed by atoms with Crippen LogP contribution in [0.2, 0.25) is 0 Å². The molecule has 1 saturated heterocycles. The Labute approximate surface area is 164 Å². The largest absolute Gasteiger partial charge is 0.389 e. The van der Waals surface area contributed by atoms with Gasteiger partial charge in [-0.3, -0.25) is 0 Å². The van der Waals surface area contributed by atoms with E-state index in [-0.39, 0.29) is 5.92 Å². The fraction of sp³-hybridized carbons (Fsp3) is 0.500. The first-order valence-electron chi connectivity index (χ1n) is 10.4. The van der Waals surface area contributed by atoms with E-state index in [9.17, 15) is 5.11 Å². The molecule has 0 saturated carbocycles. The van der Waals surface area contributed by atoms with Crippen molar-refractivity contribution >= 4 is 0 Å². The van der Waals surface area contributed by atoms with Crippen molar-refractivity contribution in [1.82, 2.24) is 10.2 Å². The summed E-state index contributed by atoms with van der Waals surface area (Å²) in [5, 5.41) is 15.0. The number of hydrogen-bond donors (Lipinski definition) is 2. The monoisotopic (exact) mass is 366 g/mol. The van der Waals surface area contributed by atoms with E-state index in [2.05, 4.69) is 71.7 Å². The van der Waals surface area contributed by atoms with Gasteiger partial charge < -0.3 is 15.3 Å². The maximum atomic E-state index is 11.5. The summed E-state index contributed by atoms with van der Waals surface area (Å²) < 4.78 is 0. The average Bonchev–Trinajstić information content (AvgIpc) is 2.72. The Morgan fingerprint density at radius 3 is 2.41 bits per heavy atom. The SMILES string of the molecule is CCCCC(C)(O)C(CN1CCNCC1)c1ccccc1-c1ccccc1. The maximum absolute atomic E-state index is 11.5. The van der Waals surface area contributed by atoms with Gasteiger partial charge in [-0.2, -0.15) is 0 Å². The molecule has 0 bridgehead atoms. The van der Waals surface area contributed by atoms with Crippen LogP contribution in [0.3, 0.4) is 0 Å². The average molecular weight is 367 g/mol. The number of benzene rings is 2. The standard InChI is InChI=1S/C24H34N2O/c1-3-4-14-24(2,27)23(19-26-17-15-25-16-18-26)22-13-9-8-12-21(22)20-10-6-5-7-11-20/h5-13,23,25,27H,3-4,14-19H2,1-2H3. The predicted octanol–water partition coefficient (Wildman–Crippen LogP) is 4.28. The topological polar surface area (TPSA) is 35.5 Å². The Bertz CT molecular complexity index is 693. The highest BCUT2D eigenvalue weighted by atomic mass is 16.3. The zero-order valence-corrected chi connectivity index (χ0v) is 16.8. The molecule has 3 heteroatoms. The Morgan fingerprint density at radius 2 is 1.70 bits per heavy atom. The molecule has 2 N–H and O–H groups in total. The molecule has 1 aliphatic rings. The quantitative estimate of drug-likeness (QED) is 0.732. The summed E-state index contributed by atoms with van der Waals surface area (Å²) >= 11 is 0. The first kappa shape index (κ1) is 20.1. The van der Waals surface area contributed by atoms with Gasteiger partial charge in [-0.05, 0) is 30.0 Å². The summed E-state index contributed by atoms with van der Waals surface area (Å²) in [7, 11) is 0. The van der Waals surface area contributed by atoms with Crippen molar-refractivity contribution in [2.75, 3.05) is 32.7 Å². The fourth-order valence-corrected chi connectivity index (χ4v) is 4.17. The van der Waals surface area contributed by atoms with Crippen LogP contribution in [0.25, 0.3) is 11.1 Å². The lowest BCUT2D eigenvalue weighted by molar-refractivity contribution is 0.00642. The van der Waals surface area contributed by atoms with Crippen LogP contribution in [-0.4, -0.2) is 48.3 Å². The molecule has 2 aromatic carbocycles. The summed E-state index contributed by atoms with van der Waals surface area (Å²) in [5.74, 6) is 0.0959. The van der Waals surface area contributed by atoms with E-state index in [0.717, 1.165) is 52.0 Å². The molecule has 1 heterocycles. The minimum atomic E-state index is -0.716. The lowest BCUT2D eigenvalue weighted by Gasteiger charge is -2.39. The highest BCUT2D eigenvalue weighted by Crippen LogP contribution is 2.38. The van der Waals surface area contributed by atoms with Gasteiger partial charge in [0.05, 0.1) is 5.60 Å². The highest BCUT2D eigenvalue weighted by molar-refractivity contribution is 5.68. The molecular weight excluding hydrogens is 332 g/mol. The molecular formula is C24H34N2O. The Balaban J connectivity index is 1.97. The second-order valence-corrected chi connectivity index (χ2v) is 8.02. The number of aliphatic hydroxyl groups is 1. The van der Waals surface area contributed by atoms with Crippen LogP contribution in [0.4, 0.5) is 0 Å². The van der Waals surface area contributed by atoms with Crippen LogP contribution in [0.5, 0.6) is 0 Å². The molecule has 3 nitrogen and oxygen atoms in total. The Morgan fingerprint density at radius 1 is 1.04 bits per heavy atom. The number of hydrogen-bond acceptors (Lipinski definition) is 3. The van der Waals surface area contributed by atoms with Gasteiger partial charge in [0.2, 0.25) is 0 Å². The van der Waals surface area contributed by atoms with Crippen LogP contribution in [0.1, 0.15) is 44.6 Å². The number of nitrogens with zero attached hydrogens (tertiary/aromatic N) is 1. The van der Waals surface area contributed by atoms with Crippen LogP contribution in [0, 0.1) is 0 Å². The lowest BCUT2D eigenvalue weighted by atomic mass is 9.77. The molecule has 1 fully saturated rings. The first-order chi connectivity index (χ1) is 13.1. The third kappa shape index (κ3) is 5.19. The second-order valence-electron chi connectivity index (χ2n) is 8.02. The van der Waals surface area contributed by atoms with Crippen LogP contribution in [0.15, 0.2) is 54.6 Å². The van der Waals surface area contributed by atoms with E-state index in [1.165, 1.54) is 16.7 Å². The van der Waals surface area contributed by atoms with E-state index in [4.69, 9.17) is 0 Å². The van der Waals surface area contributed by atoms with E-state index >= 15 is 0 Å². The normalized spacial score (nSPS) is 18.8. The molecule has 27 heavy (non-hydrogen) atoms. The number of piperazine rings is 1. The zero-order valence-electron chi connectivity index (χ0n) is 16.8. The maximum Gasteiger partial charge on any atom is 0.0700 e. The van der Waals surface area contributed by atoms with Crippen molar-refractivity contribution in [1.29, 1.82) is 0 Å². The minimum Gasteiger partial charge on any atom is -0.389 e. The van der Waals surface area contributed by atoms with E-state index in [0.29, 0.717) is 0 Å². The fourth-order valence-electron chi connectivity index (χ4n) is 4.17. The van der Waals surface area contributed by atoms with Gasteiger partial charge in [0.15, 0.2) is 0 Å². The minimum absolute atomic E-state index is 0.0959. The molecule has 0 amide bonds. The highest BCUT2D eigenvalue weighted by Gasteiger charge is 2.35. The molecule has 146 valence electrons. The number of unbranched alkanes of at least 4 members (excludes halogenated alkanes) is 1. The van der Waals surface area contributed by atoms with E-state index in [1.807, 2.05) is 6.92 Å². The summed E-state index contributed by atoms with van der Waals surface area (Å²) in [4.78, 5) is 2.50. The Kier molecular flexibility index (Phi) is 7.06. The van der Waals surface area contributed by atoms with E-state index < -0.39 is 5.60 Å². The first-order valence-corrected chi connectivity index (χ1v) is 10.4. The molecule has 3 rings (SSSR count). The van der Waals surface area contributed by atoms with Crippen LogP contribution in [-0.2, 0) is 0 Å². The summed E-state index contributed by atoms with van der Waals surface area (Å²) in [6.45, 7) is 9.30. The van der Waals surface area contributed by atoms with E-state index in [1.54, 1.807) is 0 Å². The van der Waals surface area contributed by atoms with Gasteiger partial charge in [0.1, 0.15) is 0 Å². The molecule has 0 radical (unpaired) electrons. The van der Waals surface area contributed by atoms with Gasteiger partial charge in [-0.25, -0.2) is 0 Å². The molecule has 0 spiro atoms. The summed E-state index contributed by atoms with van der Waals surface area (Å²) in [5.41, 5.74) is 3.02. The third-order valence-electron chi connectivity index (χ3n) is 5.86. The van der Waals surface area contributed by atoms with Crippen molar-refractivity contribution in [3.05, 3.63) is 60.2 Å².